The first-order valence-electron chi connectivity index (χ1n) is 6.18. The van der Waals surface area contributed by atoms with Crippen LogP contribution in [0.2, 0.25) is 0 Å². The van der Waals surface area contributed by atoms with E-state index in [0.29, 0.717) is 29.4 Å². The van der Waals surface area contributed by atoms with Gasteiger partial charge >= 0.3 is 5.97 Å². The number of rotatable bonds is 5. The SMILES string of the molecule is COC(=O)C(CC(C)C)Nc1c(C#N)c(C)nn1C. The molecule has 1 heterocycles. The highest BCUT2D eigenvalue weighted by atomic mass is 16.5. The van der Waals surface area contributed by atoms with Crippen LogP contribution in [0.4, 0.5) is 5.82 Å². The summed E-state index contributed by atoms with van der Waals surface area (Å²) in [7, 11) is 3.09. The summed E-state index contributed by atoms with van der Waals surface area (Å²) in [4.78, 5) is 11.8. The maximum absolute atomic E-state index is 11.8. The van der Waals surface area contributed by atoms with E-state index in [2.05, 4.69) is 16.5 Å². The molecular formula is C13H20N4O2. The highest BCUT2D eigenvalue weighted by Crippen LogP contribution is 2.20. The molecule has 1 unspecified atom stereocenters. The van der Waals surface area contributed by atoms with Crippen LogP contribution in [0.15, 0.2) is 0 Å². The molecule has 0 spiro atoms. The molecule has 6 nitrogen and oxygen atoms in total. The molecule has 0 aliphatic rings. The second-order valence-corrected chi connectivity index (χ2v) is 4.89. The van der Waals surface area contributed by atoms with Crippen molar-refractivity contribution in [1.82, 2.24) is 9.78 Å². The first-order chi connectivity index (χ1) is 8.90. The summed E-state index contributed by atoms with van der Waals surface area (Å²) in [6.07, 6.45) is 0.627. The number of carbonyl (C=O) groups is 1. The smallest absolute Gasteiger partial charge is 0.328 e. The zero-order chi connectivity index (χ0) is 14.6. The zero-order valence-corrected chi connectivity index (χ0v) is 12.0. The highest BCUT2D eigenvalue weighted by Gasteiger charge is 2.24. The normalized spacial score (nSPS) is 12.1. The molecule has 104 valence electrons. The second-order valence-electron chi connectivity index (χ2n) is 4.89. The Morgan fingerprint density at radius 1 is 1.58 bits per heavy atom. The monoisotopic (exact) mass is 264 g/mol. The minimum Gasteiger partial charge on any atom is -0.467 e. The molecule has 0 aliphatic heterocycles. The molecule has 1 aromatic rings. The van der Waals surface area contributed by atoms with Gasteiger partial charge in [0.25, 0.3) is 0 Å². The standard InChI is InChI=1S/C13H20N4O2/c1-8(2)6-11(13(18)19-5)15-12-10(7-14)9(3)16-17(12)4/h8,11,15H,6H2,1-5H3. The Labute approximate surface area is 113 Å². The van der Waals surface area contributed by atoms with Gasteiger partial charge in [-0.05, 0) is 19.3 Å². The van der Waals surface area contributed by atoms with Crippen LogP contribution in [0, 0.1) is 24.2 Å². The summed E-state index contributed by atoms with van der Waals surface area (Å²) >= 11 is 0. The van der Waals surface area contributed by atoms with E-state index in [1.165, 1.54) is 7.11 Å². The van der Waals surface area contributed by atoms with Crippen molar-refractivity contribution in [2.45, 2.75) is 33.2 Å². The van der Waals surface area contributed by atoms with Crippen molar-refractivity contribution in [2.75, 3.05) is 12.4 Å². The third-order valence-corrected chi connectivity index (χ3v) is 2.84. The maximum Gasteiger partial charge on any atom is 0.328 e. The number of methoxy groups -OCH3 is 1. The number of nitriles is 1. The zero-order valence-electron chi connectivity index (χ0n) is 12.0. The minimum absolute atomic E-state index is 0.330. The first-order valence-corrected chi connectivity index (χ1v) is 6.18. The number of nitrogens with zero attached hydrogens (tertiary/aromatic N) is 3. The summed E-state index contributed by atoms with van der Waals surface area (Å²) in [5.41, 5.74) is 1.10. The molecule has 0 amide bonds. The van der Waals surface area contributed by atoms with Crippen LogP contribution in [0.25, 0.3) is 0 Å². The van der Waals surface area contributed by atoms with Crippen molar-refractivity contribution in [2.24, 2.45) is 13.0 Å². The Hall–Kier alpha value is -2.03. The highest BCUT2D eigenvalue weighted by molar-refractivity contribution is 5.79. The van der Waals surface area contributed by atoms with Crippen LogP contribution < -0.4 is 5.32 Å². The maximum atomic E-state index is 11.8. The molecule has 0 saturated heterocycles. The van der Waals surface area contributed by atoms with Crippen LogP contribution in [0.3, 0.4) is 0 Å². The van der Waals surface area contributed by atoms with E-state index in [-0.39, 0.29) is 5.97 Å². The summed E-state index contributed by atoms with van der Waals surface area (Å²) in [5.74, 6) is 0.545. The number of aryl methyl sites for hydroxylation is 2. The summed E-state index contributed by atoms with van der Waals surface area (Å²) in [6, 6.07) is 1.62. The molecule has 1 rings (SSSR count). The van der Waals surface area contributed by atoms with Crippen molar-refractivity contribution in [1.29, 1.82) is 5.26 Å². The van der Waals surface area contributed by atoms with Gasteiger partial charge in [-0.3, -0.25) is 4.68 Å². The molecule has 0 radical (unpaired) electrons. The van der Waals surface area contributed by atoms with E-state index in [9.17, 15) is 4.79 Å². The van der Waals surface area contributed by atoms with Gasteiger partial charge in [0.2, 0.25) is 0 Å². The number of esters is 1. The molecule has 0 bridgehead atoms. The van der Waals surface area contributed by atoms with Gasteiger partial charge in [-0.25, -0.2) is 4.79 Å². The summed E-state index contributed by atoms with van der Waals surface area (Å²) in [5, 5.41) is 16.4. The molecule has 19 heavy (non-hydrogen) atoms. The molecule has 1 N–H and O–H groups in total. The number of nitrogens with one attached hydrogen (secondary N) is 1. The van der Waals surface area contributed by atoms with Crippen LogP contribution in [-0.2, 0) is 16.6 Å². The Bertz CT molecular complexity index is 499. The summed E-state index contributed by atoms with van der Waals surface area (Å²) in [6.45, 7) is 5.81. The fourth-order valence-electron chi connectivity index (χ4n) is 1.95. The van der Waals surface area contributed by atoms with Crippen molar-refractivity contribution in [3.05, 3.63) is 11.3 Å². The Morgan fingerprint density at radius 2 is 2.21 bits per heavy atom. The van der Waals surface area contributed by atoms with Crippen LogP contribution in [0.1, 0.15) is 31.5 Å². The quantitative estimate of drug-likeness (QED) is 0.817. The lowest BCUT2D eigenvalue weighted by Crippen LogP contribution is -2.33. The number of ether oxygens (including phenoxy) is 1. The molecular weight excluding hydrogens is 244 g/mol. The van der Waals surface area contributed by atoms with Gasteiger partial charge in [0, 0.05) is 7.05 Å². The van der Waals surface area contributed by atoms with Crippen molar-refractivity contribution in [3.8, 4) is 6.07 Å². The number of carbonyl (C=O) groups excluding carboxylic acids is 1. The van der Waals surface area contributed by atoms with Crippen molar-refractivity contribution >= 4 is 11.8 Å². The van der Waals surface area contributed by atoms with Crippen molar-refractivity contribution < 1.29 is 9.53 Å². The van der Waals surface area contributed by atoms with Gasteiger partial charge < -0.3 is 10.1 Å². The number of hydrogen-bond donors (Lipinski definition) is 1. The predicted octanol–water partition coefficient (Wildman–Crippen LogP) is 1.60. The second kappa shape index (κ2) is 6.23. The molecule has 0 aromatic carbocycles. The van der Waals surface area contributed by atoms with Gasteiger partial charge in [-0.2, -0.15) is 10.4 Å². The van der Waals surface area contributed by atoms with Crippen LogP contribution in [-0.4, -0.2) is 28.9 Å². The van der Waals surface area contributed by atoms with E-state index in [1.807, 2.05) is 13.8 Å². The Morgan fingerprint density at radius 3 is 2.68 bits per heavy atom. The number of hydrogen-bond acceptors (Lipinski definition) is 5. The van der Waals surface area contributed by atoms with E-state index in [4.69, 9.17) is 10.00 Å². The molecule has 1 atom stereocenters. The average molecular weight is 264 g/mol. The third-order valence-electron chi connectivity index (χ3n) is 2.84. The van der Waals surface area contributed by atoms with Gasteiger partial charge in [0.15, 0.2) is 0 Å². The number of anilines is 1. The van der Waals surface area contributed by atoms with Gasteiger partial charge in [0.05, 0.1) is 12.8 Å². The molecule has 1 aromatic heterocycles. The average Bonchev–Trinajstić information content (AvgIpc) is 2.61. The van der Waals surface area contributed by atoms with Gasteiger partial charge in [-0.1, -0.05) is 13.8 Å². The molecule has 0 saturated carbocycles. The van der Waals surface area contributed by atoms with E-state index >= 15 is 0 Å². The molecule has 0 fully saturated rings. The van der Waals surface area contributed by atoms with Crippen LogP contribution >= 0.6 is 0 Å². The van der Waals surface area contributed by atoms with Gasteiger partial charge in [0.1, 0.15) is 23.5 Å². The first kappa shape index (κ1) is 15.0. The Kier molecular flexibility index (Phi) is 4.93. The largest absolute Gasteiger partial charge is 0.467 e. The molecule has 6 heteroatoms. The van der Waals surface area contributed by atoms with Crippen molar-refractivity contribution in [3.63, 3.8) is 0 Å². The van der Waals surface area contributed by atoms with E-state index in [1.54, 1.807) is 18.7 Å². The van der Waals surface area contributed by atoms with E-state index < -0.39 is 6.04 Å². The Balaban J connectivity index is 3.03. The number of aromatic nitrogens is 2. The van der Waals surface area contributed by atoms with E-state index in [0.717, 1.165) is 0 Å². The lowest BCUT2D eigenvalue weighted by atomic mass is 10.0. The third kappa shape index (κ3) is 3.47. The lowest BCUT2D eigenvalue weighted by molar-refractivity contribution is -0.141. The fourth-order valence-corrected chi connectivity index (χ4v) is 1.95. The topological polar surface area (TPSA) is 79.9 Å². The summed E-state index contributed by atoms with van der Waals surface area (Å²) < 4.78 is 6.37. The van der Waals surface area contributed by atoms with Crippen LogP contribution in [0.5, 0.6) is 0 Å². The minimum atomic E-state index is -0.480. The molecule has 0 aliphatic carbocycles. The predicted molar refractivity (Wildman–Crippen MR) is 71.5 cm³/mol. The van der Waals surface area contributed by atoms with Gasteiger partial charge in [-0.15, -0.1) is 0 Å². The fraction of sp³-hybridized carbons (Fsp3) is 0.615. The lowest BCUT2D eigenvalue weighted by Gasteiger charge is -2.19.